The molecule has 164 valence electrons. The van der Waals surface area contributed by atoms with Crippen molar-refractivity contribution in [3.8, 4) is 0 Å². The number of halogens is 1. The summed E-state index contributed by atoms with van der Waals surface area (Å²) in [6.07, 6.45) is 0. The second-order valence-corrected chi connectivity index (χ2v) is 9.46. The average molecular weight is 475 g/mol. The van der Waals surface area contributed by atoms with Gasteiger partial charge < -0.3 is 5.11 Å². The molecule has 0 spiro atoms. The molecular formula is C26H19ClN2O3S. The fourth-order valence-corrected chi connectivity index (χ4v) is 5.50. The lowest BCUT2D eigenvalue weighted by Crippen LogP contribution is -2.29. The van der Waals surface area contributed by atoms with Crippen molar-refractivity contribution in [2.24, 2.45) is 0 Å². The van der Waals surface area contributed by atoms with Crippen molar-refractivity contribution in [1.29, 1.82) is 0 Å². The van der Waals surface area contributed by atoms with Crippen LogP contribution in [0, 0.1) is 13.8 Å². The van der Waals surface area contributed by atoms with Gasteiger partial charge in [0.15, 0.2) is 5.13 Å². The maximum Gasteiger partial charge on any atom is 0.301 e. The number of aryl methyl sites for hydroxylation is 2. The van der Waals surface area contributed by atoms with Crippen LogP contribution < -0.4 is 4.90 Å². The Balaban J connectivity index is 1.75. The van der Waals surface area contributed by atoms with Gasteiger partial charge in [-0.25, -0.2) is 4.98 Å². The second-order valence-electron chi connectivity index (χ2n) is 8.01. The van der Waals surface area contributed by atoms with Crippen LogP contribution in [0.4, 0.5) is 5.13 Å². The Hall–Kier alpha value is -3.48. The van der Waals surface area contributed by atoms with E-state index in [-0.39, 0.29) is 11.3 Å². The molecule has 1 aliphatic rings. The number of benzene rings is 3. The zero-order valence-electron chi connectivity index (χ0n) is 17.9. The van der Waals surface area contributed by atoms with E-state index in [1.54, 1.807) is 48.5 Å². The van der Waals surface area contributed by atoms with Crippen molar-refractivity contribution in [3.05, 3.63) is 99.6 Å². The minimum atomic E-state index is -0.829. The minimum absolute atomic E-state index is 0.0284. The number of hydrogen-bond acceptors (Lipinski definition) is 5. The fraction of sp³-hybridized carbons (Fsp3) is 0.115. The largest absolute Gasteiger partial charge is 0.507 e. The molecule has 2 heterocycles. The number of rotatable bonds is 3. The third-order valence-electron chi connectivity index (χ3n) is 5.70. The van der Waals surface area contributed by atoms with Crippen LogP contribution in [0.1, 0.15) is 28.3 Å². The monoisotopic (exact) mass is 474 g/mol. The van der Waals surface area contributed by atoms with E-state index in [4.69, 9.17) is 16.6 Å². The summed E-state index contributed by atoms with van der Waals surface area (Å²) in [7, 11) is 0. The number of aliphatic hydroxyl groups excluding tert-OH is 1. The maximum atomic E-state index is 13.3. The van der Waals surface area contributed by atoms with Crippen molar-refractivity contribution >= 4 is 55.7 Å². The zero-order chi connectivity index (χ0) is 23.3. The van der Waals surface area contributed by atoms with Gasteiger partial charge in [-0.15, -0.1) is 0 Å². The number of fused-ring (bicyclic) bond motifs is 1. The summed E-state index contributed by atoms with van der Waals surface area (Å²) in [6.45, 7) is 3.98. The number of nitrogens with zero attached hydrogens (tertiary/aromatic N) is 2. The van der Waals surface area contributed by atoms with Crippen LogP contribution in [0.2, 0.25) is 5.02 Å². The number of anilines is 1. The molecule has 1 amide bonds. The Morgan fingerprint density at radius 3 is 2.42 bits per heavy atom. The summed E-state index contributed by atoms with van der Waals surface area (Å²) in [6, 6.07) is 18.9. The van der Waals surface area contributed by atoms with Gasteiger partial charge in [-0.3, -0.25) is 14.5 Å². The number of hydrogen-bond donors (Lipinski definition) is 1. The molecule has 7 heteroatoms. The molecule has 4 aromatic rings. The molecule has 1 unspecified atom stereocenters. The topological polar surface area (TPSA) is 70.5 Å². The molecule has 0 saturated carbocycles. The van der Waals surface area contributed by atoms with E-state index in [9.17, 15) is 14.7 Å². The number of aromatic nitrogens is 1. The van der Waals surface area contributed by atoms with Crippen molar-refractivity contribution in [1.82, 2.24) is 4.98 Å². The molecule has 5 nitrogen and oxygen atoms in total. The first kappa shape index (κ1) is 21.4. The molecule has 0 aliphatic carbocycles. The zero-order valence-corrected chi connectivity index (χ0v) is 19.4. The number of carbonyl (C=O) groups is 2. The third-order valence-corrected chi connectivity index (χ3v) is 6.96. The van der Waals surface area contributed by atoms with Crippen LogP contribution in [0.3, 0.4) is 0 Å². The van der Waals surface area contributed by atoms with Crippen molar-refractivity contribution in [3.63, 3.8) is 0 Å². The number of amides is 1. The molecule has 1 atom stereocenters. The summed E-state index contributed by atoms with van der Waals surface area (Å²) in [4.78, 5) is 32.6. The SMILES string of the molecule is Cc1cc(C)c2nc(N3C(=O)C(=O)C(=C(O)c4ccccc4)C3c3ccc(Cl)cc3)sc2c1. The molecule has 0 bridgehead atoms. The maximum absolute atomic E-state index is 13.3. The number of Topliss-reactive ketones (excluding diaryl/α,β-unsaturated/α-hetero) is 1. The standard InChI is InChI=1S/C26H19ClN2O3S/c1-14-12-15(2)21-19(13-14)33-26(28-21)29-22(16-8-10-18(27)11-9-16)20(24(31)25(29)32)23(30)17-6-4-3-5-7-17/h3-13,22,30H,1-2H3. The highest BCUT2D eigenvalue weighted by Gasteiger charge is 2.48. The highest BCUT2D eigenvalue weighted by atomic mass is 35.5. The Bertz CT molecular complexity index is 1440. The molecule has 1 aromatic heterocycles. The first-order valence-corrected chi connectivity index (χ1v) is 11.5. The summed E-state index contributed by atoms with van der Waals surface area (Å²) in [5.41, 5.74) is 4.03. The lowest BCUT2D eigenvalue weighted by Gasteiger charge is -2.23. The lowest BCUT2D eigenvalue weighted by atomic mass is 9.95. The first-order valence-electron chi connectivity index (χ1n) is 10.3. The van der Waals surface area contributed by atoms with Crippen LogP contribution in [0.5, 0.6) is 0 Å². The van der Waals surface area contributed by atoms with Crippen molar-refractivity contribution in [2.75, 3.05) is 4.90 Å². The van der Waals surface area contributed by atoms with Crippen LogP contribution in [0.25, 0.3) is 16.0 Å². The van der Waals surface area contributed by atoms with E-state index in [1.807, 2.05) is 32.0 Å². The molecule has 0 radical (unpaired) electrons. The Kier molecular flexibility index (Phi) is 5.27. The molecule has 1 fully saturated rings. The molecule has 3 aromatic carbocycles. The third kappa shape index (κ3) is 3.61. The first-order chi connectivity index (χ1) is 15.8. The van der Waals surface area contributed by atoms with Crippen molar-refractivity contribution < 1.29 is 14.7 Å². The Morgan fingerprint density at radius 1 is 1.03 bits per heavy atom. The van der Waals surface area contributed by atoms with E-state index in [0.717, 1.165) is 21.3 Å². The quantitative estimate of drug-likeness (QED) is 0.218. The van der Waals surface area contributed by atoms with Gasteiger partial charge >= 0.3 is 5.91 Å². The highest BCUT2D eigenvalue weighted by Crippen LogP contribution is 2.44. The van der Waals surface area contributed by atoms with Crippen LogP contribution in [-0.2, 0) is 9.59 Å². The number of carbonyl (C=O) groups excluding carboxylic acids is 2. The summed E-state index contributed by atoms with van der Waals surface area (Å²) in [5, 5.41) is 12.1. The summed E-state index contributed by atoms with van der Waals surface area (Å²) in [5.74, 6) is -1.69. The Labute approximate surface area is 199 Å². The van der Waals surface area contributed by atoms with Crippen LogP contribution in [-0.4, -0.2) is 21.8 Å². The van der Waals surface area contributed by atoms with Gasteiger partial charge in [0.05, 0.1) is 21.8 Å². The number of ketones is 1. The number of thiazole rings is 1. The van der Waals surface area contributed by atoms with Gasteiger partial charge in [0, 0.05) is 10.6 Å². The number of aliphatic hydroxyl groups is 1. The minimum Gasteiger partial charge on any atom is -0.507 e. The van der Waals surface area contributed by atoms with E-state index in [1.165, 1.54) is 16.2 Å². The molecule has 33 heavy (non-hydrogen) atoms. The van der Waals surface area contributed by atoms with Gasteiger partial charge in [-0.2, -0.15) is 0 Å². The van der Waals surface area contributed by atoms with Gasteiger partial charge in [-0.1, -0.05) is 71.5 Å². The lowest BCUT2D eigenvalue weighted by molar-refractivity contribution is -0.132. The van der Waals surface area contributed by atoms with Gasteiger partial charge in [0.2, 0.25) is 0 Å². The van der Waals surface area contributed by atoms with E-state index in [2.05, 4.69) is 0 Å². The molecular weight excluding hydrogens is 456 g/mol. The van der Waals surface area contributed by atoms with Crippen LogP contribution >= 0.6 is 22.9 Å². The Morgan fingerprint density at radius 2 is 1.73 bits per heavy atom. The van der Waals surface area contributed by atoms with Gasteiger partial charge in [-0.05, 0) is 48.7 Å². The molecule has 1 aliphatic heterocycles. The predicted octanol–water partition coefficient (Wildman–Crippen LogP) is 6.19. The van der Waals surface area contributed by atoms with Gasteiger partial charge in [0.1, 0.15) is 5.76 Å². The fourth-order valence-electron chi connectivity index (χ4n) is 4.20. The van der Waals surface area contributed by atoms with Crippen molar-refractivity contribution in [2.45, 2.75) is 19.9 Å². The normalized spacial score (nSPS) is 17.8. The average Bonchev–Trinajstić information content (AvgIpc) is 3.33. The van der Waals surface area contributed by atoms with E-state index in [0.29, 0.717) is 21.3 Å². The van der Waals surface area contributed by atoms with E-state index >= 15 is 0 Å². The molecule has 5 rings (SSSR count). The summed E-state index contributed by atoms with van der Waals surface area (Å²) >= 11 is 7.44. The predicted molar refractivity (Wildman–Crippen MR) is 132 cm³/mol. The summed E-state index contributed by atoms with van der Waals surface area (Å²) < 4.78 is 0.933. The second kappa shape index (κ2) is 8.14. The van der Waals surface area contributed by atoms with E-state index < -0.39 is 17.7 Å². The smallest absolute Gasteiger partial charge is 0.301 e. The van der Waals surface area contributed by atoms with Gasteiger partial charge in [0.25, 0.3) is 5.78 Å². The molecule has 1 N–H and O–H groups in total. The van der Waals surface area contributed by atoms with Crippen LogP contribution in [0.15, 0.2) is 72.3 Å². The molecule has 1 saturated heterocycles. The highest BCUT2D eigenvalue weighted by molar-refractivity contribution is 7.22.